The summed E-state index contributed by atoms with van der Waals surface area (Å²) < 4.78 is 36.3. The summed E-state index contributed by atoms with van der Waals surface area (Å²) in [5.41, 5.74) is 3.79. The predicted octanol–water partition coefficient (Wildman–Crippen LogP) is 6.21. The molecule has 0 saturated heterocycles. The van der Waals surface area contributed by atoms with Crippen molar-refractivity contribution in [2.75, 3.05) is 0 Å². The van der Waals surface area contributed by atoms with Gasteiger partial charge in [-0.3, -0.25) is 19.6 Å². The molecule has 0 fully saturated rings. The monoisotopic (exact) mass is 523 g/mol. The van der Waals surface area contributed by atoms with Crippen LogP contribution in [0.2, 0.25) is 0 Å². The van der Waals surface area contributed by atoms with Crippen molar-refractivity contribution in [3.8, 4) is 22.6 Å². The summed E-state index contributed by atoms with van der Waals surface area (Å²) in [5.74, 6) is -1.08. The molecule has 1 aliphatic heterocycles. The number of nitrogens with zero attached hydrogens (tertiary/aromatic N) is 3. The largest absolute Gasteiger partial charge is 0.452 e. The van der Waals surface area contributed by atoms with Crippen LogP contribution in [0.4, 0.5) is 8.78 Å². The van der Waals surface area contributed by atoms with E-state index < -0.39 is 17.1 Å². The molecule has 0 atom stereocenters. The number of ketones is 1. The quantitative estimate of drug-likeness (QED) is 0.248. The summed E-state index contributed by atoms with van der Waals surface area (Å²) >= 11 is 0. The van der Waals surface area contributed by atoms with E-state index in [9.17, 15) is 14.0 Å². The number of pyridine rings is 3. The van der Waals surface area contributed by atoms with E-state index in [0.29, 0.717) is 52.1 Å². The Hall–Kier alpha value is -4.72. The molecule has 0 bridgehead atoms. The Morgan fingerprint density at radius 1 is 1.03 bits per heavy atom. The number of carbonyl (C=O) groups is 1. The minimum absolute atomic E-state index is 0.0136. The fourth-order valence-electron chi connectivity index (χ4n) is 5.03. The number of Topliss-reactive ketones (excluding diaryl/α,β-unsaturated/α-hetero) is 1. The first-order chi connectivity index (χ1) is 18.9. The molecule has 0 radical (unpaired) electrons. The molecule has 5 aromatic rings. The first kappa shape index (κ1) is 24.6. The molecule has 3 aromatic heterocycles. The summed E-state index contributed by atoms with van der Waals surface area (Å²) in [6.07, 6.45) is 6.26. The van der Waals surface area contributed by atoms with Crippen LogP contribution in [-0.4, -0.2) is 20.3 Å². The molecule has 8 heteroatoms. The van der Waals surface area contributed by atoms with E-state index in [1.165, 1.54) is 36.4 Å². The van der Waals surface area contributed by atoms with Gasteiger partial charge in [0.25, 0.3) is 0 Å². The maximum Gasteiger partial charge on any atom is 0.200 e. The zero-order valence-electron chi connectivity index (χ0n) is 21.1. The zero-order chi connectivity index (χ0) is 27.1. The highest BCUT2D eigenvalue weighted by atomic mass is 19.1. The molecule has 39 heavy (non-hydrogen) atoms. The zero-order valence-corrected chi connectivity index (χ0v) is 21.1. The number of benzene rings is 2. The molecule has 0 unspecified atom stereocenters. The van der Waals surface area contributed by atoms with Gasteiger partial charge in [0.15, 0.2) is 28.5 Å². The Bertz CT molecular complexity index is 1810. The van der Waals surface area contributed by atoms with E-state index in [4.69, 9.17) is 4.74 Å². The average Bonchev–Trinajstić information content (AvgIpc) is 3.38. The van der Waals surface area contributed by atoms with Crippen molar-refractivity contribution in [2.45, 2.75) is 32.7 Å². The molecular weight excluding hydrogens is 500 g/mol. The van der Waals surface area contributed by atoms with Crippen LogP contribution in [-0.2, 0) is 19.4 Å². The first-order valence-corrected chi connectivity index (χ1v) is 12.6. The van der Waals surface area contributed by atoms with Crippen molar-refractivity contribution in [3.63, 3.8) is 0 Å². The molecule has 0 aliphatic carbocycles. The molecule has 2 aromatic carbocycles. The molecule has 0 spiro atoms. The summed E-state index contributed by atoms with van der Waals surface area (Å²) in [4.78, 5) is 35.6. The van der Waals surface area contributed by atoms with Gasteiger partial charge in [0.1, 0.15) is 11.3 Å². The lowest BCUT2D eigenvalue weighted by Gasteiger charge is -2.13. The third-order valence-electron chi connectivity index (χ3n) is 6.90. The number of hydrogen-bond donors (Lipinski definition) is 0. The highest BCUT2D eigenvalue weighted by Gasteiger charge is 2.25. The summed E-state index contributed by atoms with van der Waals surface area (Å²) in [6.45, 7) is 2.59. The summed E-state index contributed by atoms with van der Waals surface area (Å²) in [6, 6.07) is 13.4. The number of rotatable bonds is 6. The molecule has 194 valence electrons. The summed E-state index contributed by atoms with van der Waals surface area (Å²) in [5, 5.41) is 0. The van der Waals surface area contributed by atoms with Crippen LogP contribution in [0.3, 0.4) is 0 Å². The highest BCUT2D eigenvalue weighted by Crippen LogP contribution is 2.30. The number of fused-ring (bicyclic) bond motifs is 2. The maximum absolute atomic E-state index is 15.1. The van der Waals surface area contributed by atoms with E-state index in [-0.39, 0.29) is 23.5 Å². The third kappa shape index (κ3) is 4.69. The molecule has 0 saturated carbocycles. The number of aromatic nitrogens is 3. The van der Waals surface area contributed by atoms with Crippen LogP contribution in [0, 0.1) is 18.6 Å². The van der Waals surface area contributed by atoms with Gasteiger partial charge in [0.05, 0.1) is 11.1 Å². The number of aryl methyl sites for hydroxylation is 2. The lowest BCUT2D eigenvalue weighted by atomic mass is 9.96. The van der Waals surface area contributed by atoms with Crippen LogP contribution >= 0.6 is 0 Å². The van der Waals surface area contributed by atoms with Crippen LogP contribution in [0.5, 0.6) is 11.5 Å². The Kier molecular flexibility index (Phi) is 6.23. The number of carbonyl (C=O) groups excluding carboxylic acids is 1. The van der Waals surface area contributed by atoms with Crippen molar-refractivity contribution in [2.24, 2.45) is 0 Å². The Balaban J connectivity index is 1.29. The standard InChI is InChI=1S/C31H23F2N3O3/c1-18-13-24-30(35-16-18)28(10-11-34-24)39-27-9-4-19(14-23(27)33)15-26(37)29-25-3-2-12-36(25)17-22(31(29)38)20-5-7-21(32)8-6-20/h4-11,13-14,16-17H,2-3,12,15H2,1H3. The predicted molar refractivity (Wildman–Crippen MR) is 143 cm³/mol. The van der Waals surface area contributed by atoms with Crippen LogP contribution < -0.4 is 10.2 Å². The van der Waals surface area contributed by atoms with E-state index >= 15 is 4.39 Å². The van der Waals surface area contributed by atoms with Gasteiger partial charge < -0.3 is 9.30 Å². The molecule has 4 heterocycles. The maximum atomic E-state index is 15.1. The van der Waals surface area contributed by atoms with Gasteiger partial charge >= 0.3 is 0 Å². The fraction of sp³-hybridized carbons (Fsp3) is 0.161. The van der Waals surface area contributed by atoms with Crippen molar-refractivity contribution in [1.29, 1.82) is 0 Å². The van der Waals surface area contributed by atoms with Gasteiger partial charge in [0.2, 0.25) is 0 Å². The summed E-state index contributed by atoms with van der Waals surface area (Å²) in [7, 11) is 0. The number of ether oxygens (including phenoxy) is 1. The van der Waals surface area contributed by atoms with Crippen molar-refractivity contribution in [1.82, 2.24) is 14.5 Å². The third-order valence-corrected chi connectivity index (χ3v) is 6.90. The molecule has 6 nitrogen and oxygen atoms in total. The lowest BCUT2D eigenvalue weighted by Crippen LogP contribution is -2.23. The van der Waals surface area contributed by atoms with Crippen LogP contribution in [0.25, 0.3) is 22.2 Å². The van der Waals surface area contributed by atoms with E-state index in [1.807, 2.05) is 17.6 Å². The minimum Gasteiger partial charge on any atom is -0.452 e. The van der Waals surface area contributed by atoms with Crippen LogP contribution in [0.15, 0.2) is 78.0 Å². The van der Waals surface area contributed by atoms with E-state index in [0.717, 1.165) is 12.0 Å². The molecular formula is C31H23F2N3O3. The Morgan fingerprint density at radius 2 is 1.85 bits per heavy atom. The SMILES string of the molecule is Cc1cnc2c(Oc3ccc(CC(=O)c4c5n(cc(-c6ccc(F)cc6)c4=O)CCC5)cc3F)ccnc2c1. The van der Waals surface area contributed by atoms with Crippen molar-refractivity contribution in [3.05, 3.63) is 117 Å². The Labute approximate surface area is 222 Å². The smallest absolute Gasteiger partial charge is 0.200 e. The molecule has 0 N–H and O–H groups in total. The van der Waals surface area contributed by atoms with Crippen molar-refractivity contribution >= 4 is 16.8 Å². The van der Waals surface area contributed by atoms with Gasteiger partial charge in [0, 0.05) is 48.9 Å². The minimum atomic E-state index is -0.639. The second-order valence-electron chi connectivity index (χ2n) is 9.65. The number of halogens is 2. The second kappa shape index (κ2) is 9.87. The van der Waals surface area contributed by atoms with Gasteiger partial charge in [-0.05, 0) is 66.8 Å². The lowest BCUT2D eigenvalue weighted by molar-refractivity contribution is 0.0990. The Morgan fingerprint density at radius 3 is 2.64 bits per heavy atom. The van der Waals surface area contributed by atoms with Crippen molar-refractivity contribution < 1.29 is 18.3 Å². The molecule has 1 aliphatic rings. The molecule has 0 amide bonds. The fourth-order valence-corrected chi connectivity index (χ4v) is 5.03. The number of hydrogen-bond acceptors (Lipinski definition) is 5. The van der Waals surface area contributed by atoms with Gasteiger partial charge in [-0.2, -0.15) is 0 Å². The van der Waals surface area contributed by atoms with Gasteiger partial charge in [-0.25, -0.2) is 8.78 Å². The van der Waals surface area contributed by atoms with Gasteiger partial charge in [-0.1, -0.05) is 18.2 Å². The van der Waals surface area contributed by atoms with Gasteiger partial charge in [-0.15, -0.1) is 0 Å². The average molecular weight is 524 g/mol. The normalized spacial score (nSPS) is 12.5. The van der Waals surface area contributed by atoms with E-state index in [2.05, 4.69) is 9.97 Å². The molecule has 6 rings (SSSR count). The second-order valence-corrected chi connectivity index (χ2v) is 9.65. The van der Waals surface area contributed by atoms with Crippen LogP contribution in [0.1, 0.15) is 33.6 Å². The first-order valence-electron chi connectivity index (χ1n) is 12.6. The topological polar surface area (TPSA) is 74.1 Å². The van der Waals surface area contributed by atoms with E-state index in [1.54, 1.807) is 30.7 Å². The highest BCUT2D eigenvalue weighted by molar-refractivity contribution is 5.99.